The van der Waals surface area contributed by atoms with Gasteiger partial charge in [0.1, 0.15) is 0 Å². The van der Waals surface area contributed by atoms with Gasteiger partial charge >= 0.3 is 0 Å². The summed E-state index contributed by atoms with van der Waals surface area (Å²) in [5, 5.41) is 3.97. The quantitative estimate of drug-likeness (QED) is 0.696. The SMILES string of the molecule is CCOC(OCC)c1nc(C2CC2C)no1. The van der Waals surface area contributed by atoms with Crippen molar-refractivity contribution in [2.75, 3.05) is 13.2 Å². The van der Waals surface area contributed by atoms with Crippen LogP contribution in [0.2, 0.25) is 0 Å². The molecule has 16 heavy (non-hydrogen) atoms. The topological polar surface area (TPSA) is 57.4 Å². The lowest BCUT2D eigenvalue weighted by molar-refractivity contribution is -0.155. The van der Waals surface area contributed by atoms with Crippen molar-refractivity contribution in [3.05, 3.63) is 11.7 Å². The minimum absolute atomic E-state index is 0.429. The average molecular weight is 226 g/mol. The molecule has 0 saturated heterocycles. The first kappa shape index (κ1) is 11.5. The second-order valence-corrected chi connectivity index (χ2v) is 4.05. The van der Waals surface area contributed by atoms with E-state index in [9.17, 15) is 0 Å². The van der Waals surface area contributed by atoms with E-state index in [1.807, 2.05) is 13.8 Å². The number of hydrogen-bond donors (Lipinski definition) is 0. The number of hydrogen-bond acceptors (Lipinski definition) is 5. The highest BCUT2D eigenvalue weighted by atomic mass is 16.7. The Balaban J connectivity index is 2.03. The van der Waals surface area contributed by atoms with E-state index >= 15 is 0 Å². The average Bonchev–Trinajstić information content (AvgIpc) is 2.82. The molecule has 90 valence electrons. The standard InChI is InChI=1S/C11H18N2O3/c1-4-14-11(15-5-2)10-12-9(13-16-10)8-6-7(8)3/h7-8,11H,4-6H2,1-3H3. The number of ether oxygens (including phenoxy) is 2. The second-order valence-electron chi connectivity index (χ2n) is 4.05. The molecule has 0 aromatic carbocycles. The largest absolute Gasteiger partial charge is 0.345 e. The summed E-state index contributed by atoms with van der Waals surface area (Å²) in [5.41, 5.74) is 0. The predicted molar refractivity (Wildman–Crippen MR) is 56.8 cm³/mol. The molecule has 0 N–H and O–H groups in total. The van der Waals surface area contributed by atoms with Gasteiger partial charge in [-0.05, 0) is 26.2 Å². The van der Waals surface area contributed by atoms with Gasteiger partial charge in [0, 0.05) is 19.1 Å². The molecule has 1 fully saturated rings. The first-order chi connectivity index (χ1) is 7.76. The van der Waals surface area contributed by atoms with E-state index in [2.05, 4.69) is 17.1 Å². The van der Waals surface area contributed by atoms with E-state index < -0.39 is 6.29 Å². The molecule has 5 heteroatoms. The first-order valence-electron chi connectivity index (χ1n) is 5.83. The molecule has 1 aromatic heterocycles. The molecule has 1 saturated carbocycles. The fourth-order valence-corrected chi connectivity index (χ4v) is 1.67. The highest BCUT2D eigenvalue weighted by Crippen LogP contribution is 2.45. The van der Waals surface area contributed by atoms with E-state index in [1.165, 1.54) is 0 Å². The number of nitrogens with zero attached hydrogens (tertiary/aromatic N) is 2. The minimum atomic E-state index is -0.523. The molecular weight excluding hydrogens is 208 g/mol. The summed E-state index contributed by atoms with van der Waals surface area (Å²) in [6.45, 7) is 7.12. The van der Waals surface area contributed by atoms with Gasteiger partial charge in [-0.15, -0.1) is 0 Å². The molecule has 0 bridgehead atoms. The summed E-state index contributed by atoms with van der Waals surface area (Å²) in [7, 11) is 0. The van der Waals surface area contributed by atoms with E-state index in [4.69, 9.17) is 14.0 Å². The molecule has 5 nitrogen and oxygen atoms in total. The summed E-state index contributed by atoms with van der Waals surface area (Å²) in [6, 6.07) is 0. The zero-order valence-electron chi connectivity index (χ0n) is 9.97. The van der Waals surface area contributed by atoms with Crippen LogP contribution < -0.4 is 0 Å². The summed E-state index contributed by atoms with van der Waals surface area (Å²) in [4.78, 5) is 4.33. The van der Waals surface area contributed by atoms with Crippen LogP contribution in [0, 0.1) is 5.92 Å². The zero-order chi connectivity index (χ0) is 11.5. The van der Waals surface area contributed by atoms with Crippen LogP contribution in [0.5, 0.6) is 0 Å². The van der Waals surface area contributed by atoms with Crippen molar-refractivity contribution in [2.45, 2.75) is 39.4 Å². The molecule has 0 spiro atoms. The molecule has 1 aromatic rings. The lowest BCUT2D eigenvalue weighted by Gasteiger charge is -2.11. The van der Waals surface area contributed by atoms with Crippen molar-refractivity contribution in [3.8, 4) is 0 Å². The van der Waals surface area contributed by atoms with E-state index in [1.54, 1.807) is 0 Å². The monoisotopic (exact) mass is 226 g/mol. The van der Waals surface area contributed by atoms with Crippen molar-refractivity contribution >= 4 is 0 Å². The Bertz CT molecular complexity index is 334. The smallest absolute Gasteiger partial charge is 0.283 e. The van der Waals surface area contributed by atoms with Crippen LogP contribution in [-0.2, 0) is 9.47 Å². The molecule has 0 amide bonds. The third-order valence-corrected chi connectivity index (χ3v) is 2.74. The first-order valence-corrected chi connectivity index (χ1v) is 5.83. The lowest BCUT2D eigenvalue weighted by atomic mass is 10.3. The Morgan fingerprint density at radius 1 is 1.38 bits per heavy atom. The Morgan fingerprint density at radius 2 is 2.00 bits per heavy atom. The Kier molecular flexibility index (Phi) is 3.56. The highest BCUT2D eigenvalue weighted by molar-refractivity contribution is 5.07. The minimum Gasteiger partial charge on any atom is -0.345 e. The third kappa shape index (κ3) is 2.41. The fraction of sp³-hybridized carbons (Fsp3) is 0.818. The van der Waals surface area contributed by atoms with Crippen molar-refractivity contribution in [1.82, 2.24) is 10.1 Å². The predicted octanol–water partition coefficient (Wildman–Crippen LogP) is 2.26. The van der Waals surface area contributed by atoms with Crippen LogP contribution in [0.4, 0.5) is 0 Å². The van der Waals surface area contributed by atoms with Crippen LogP contribution in [0.15, 0.2) is 4.52 Å². The Labute approximate surface area is 95.1 Å². The molecule has 0 radical (unpaired) electrons. The van der Waals surface area contributed by atoms with Crippen molar-refractivity contribution in [3.63, 3.8) is 0 Å². The summed E-state index contributed by atoms with van der Waals surface area (Å²) >= 11 is 0. The molecule has 2 atom stereocenters. The van der Waals surface area contributed by atoms with Crippen LogP contribution in [0.1, 0.15) is 51.1 Å². The van der Waals surface area contributed by atoms with Gasteiger partial charge in [-0.1, -0.05) is 12.1 Å². The van der Waals surface area contributed by atoms with E-state index in [0.717, 1.165) is 12.2 Å². The van der Waals surface area contributed by atoms with Crippen molar-refractivity contribution < 1.29 is 14.0 Å². The molecule has 1 aliphatic rings. The maximum Gasteiger partial charge on any atom is 0.283 e. The van der Waals surface area contributed by atoms with Gasteiger partial charge in [-0.2, -0.15) is 4.98 Å². The lowest BCUT2D eigenvalue weighted by Crippen LogP contribution is -2.09. The maximum atomic E-state index is 5.39. The third-order valence-electron chi connectivity index (χ3n) is 2.74. The summed E-state index contributed by atoms with van der Waals surface area (Å²) in [6.07, 6.45) is 0.623. The van der Waals surface area contributed by atoms with E-state index in [-0.39, 0.29) is 0 Å². The Morgan fingerprint density at radius 3 is 2.50 bits per heavy atom. The number of rotatable bonds is 6. The van der Waals surface area contributed by atoms with Gasteiger partial charge in [-0.25, -0.2) is 0 Å². The molecule has 1 heterocycles. The maximum absolute atomic E-state index is 5.39. The van der Waals surface area contributed by atoms with Crippen LogP contribution >= 0.6 is 0 Å². The molecule has 0 aliphatic heterocycles. The van der Waals surface area contributed by atoms with Gasteiger partial charge in [0.05, 0.1) is 0 Å². The molecule has 2 unspecified atom stereocenters. The number of aromatic nitrogens is 2. The van der Waals surface area contributed by atoms with Gasteiger partial charge in [0.2, 0.25) is 6.29 Å². The zero-order valence-corrected chi connectivity index (χ0v) is 9.97. The van der Waals surface area contributed by atoms with Crippen LogP contribution in [-0.4, -0.2) is 23.4 Å². The van der Waals surface area contributed by atoms with Crippen LogP contribution in [0.3, 0.4) is 0 Å². The Hall–Kier alpha value is -0.940. The molecular formula is C11H18N2O3. The van der Waals surface area contributed by atoms with Gasteiger partial charge in [0.15, 0.2) is 5.82 Å². The van der Waals surface area contributed by atoms with E-state index in [0.29, 0.717) is 30.9 Å². The normalized spacial score (nSPS) is 24.0. The van der Waals surface area contributed by atoms with Gasteiger partial charge in [0.25, 0.3) is 5.89 Å². The van der Waals surface area contributed by atoms with Gasteiger partial charge in [-0.3, -0.25) is 0 Å². The summed E-state index contributed by atoms with van der Waals surface area (Å²) in [5.74, 6) is 2.34. The fourth-order valence-electron chi connectivity index (χ4n) is 1.67. The molecule has 1 aliphatic carbocycles. The van der Waals surface area contributed by atoms with Gasteiger partial charge < -0.3 is 14.0 Å². The second kappa shape index (κ2) is 4.93. The van der Waals surface area contributed by atoms with Crippen molar-refractivity contribution in [1.29, 1.82) is 0 Å². The summed E-state index contributed by atoms with van der Waals surface area (Å²) < 4.78 is 16.0. The van der Waals surface area contributed by atoms with Crippen molar-refractivity contribution in [2.24, 2.45) is 5.92 Å². The molecule has 2 rings (SSSR count). The van der Waals surface area contributed by atoms with Crippen LogP contribution in [0.25, 0.3) is 0 Å². The highest BCUT2D eigenvalue weighted by Gasteiger charge is 2.38.